The fraction of sp³-hybridized carbons (Fsp3) is 0. The van der Waals surface area contributed by atoms with Gasteiger partial charge in [0.05, 0.1) is 11.4 Å². The fourth-order valence-electron chi connectivity index (χ4n) is 1.43. The molecule has 0 atom stereocenters. The Balaban J connectivity index is 2.34. The van der Waals surface area contributed by atoms with Crippen LogP contribution in [0.4, 0.5) is 34.6 Å². The van der Waals surface area contributed by atoms with Gasteiger partial charge in [0.15, 0.2) is 17.5 Å². The molecule has 2 aromatic carbocycles. The zero-order valence-electron chi connectivity index (χ0n) is 8.98. The minimum Gasteiger partial charge on any atom is -0.397 e. The third-order valence-electron chi connectivity index (χ3n) is 2.28. The lowest BCUT2D eigenvalue weighted by Gasteiger charge is -2.10. The van der Waals surface area contributed by atoms with Gasteiger partial charge < -0.3 is 11.1 Å². The average molecular weight is 256 g/mol. The molecule has 0 unspecified atom stereocenters. The van der Waals surface area contributed by atoms with Gasteiger partial charge in [0, 0.05) is 17.8 Å². The van der Waals surface area contributed by atoms with Gasteiger partial charge in [-0.3, -0.25) is 0 Å². The standard InChI is InChI=1S/C12H8F4N2/c13-6-1-2-11(10(17)3-6)18-7-4-8(14)12(16)9(15)5-7/h1-5,18H,17H2. The summed E-state index contributed by atoms with van der Waals surface area (Å²) in [5, 5.41) is 2.57. The monoisotopic (exact) mass is 256 g/mol. The maximum Gasteiger partial charge on any atom is 0.194 e. The quantitative estimate of drug-likeness (QED) is 0.489. The highest BCUT2D eigenvalue weighted by atomic mass is 19.2. The van der Waals surface area contributed by atoms with Gasteiger partial charge in [-0.25, -0.2) is 17.6 Å². The van der Waals surface area contributed by atoms with E-state index in [9.17, 15) is 17.6 Å². The minimum atomic E-state index is -1.55. The van der Waals surface area contributed by atoms with Crippen molar-refractivity contribution in [2.45, 2.75) is 0 Å². The number of nitrogen functional groups attached to an aromatic ring is 1. The van der Waals surface area contributed by atoms with Crippen LogP contribution in [0.5, 0.6) is 0 Å². The number of rotatable bonds is 2. The maximum atomic E-state index is 13.0. The van der Waals surface area contributed by atoms with Crippen molar-refractivity contribution in [2.75, 3.05) is 11.1 Å². The molecule has 0 saturated heterocycles. The predicted molar refractivity (Wildman–Crippen MR) is 60.4 cm³/mol. The molecule has 0 heterocycles. The topological polar surface area (TPSA) is 38.0 Å². The zero-order chi connectivity index (χ0) is 13.3. The van der Waals surface area contributed by atoms with E-state index in [4.69, 9.17) is 5.73 Å². The lowest BCUT2D eigenvalue weighted by molar-refractivity contribution is 0.448. The van der Waals surface area contributed by atoms with Crippen molar-refractivity contribution in [3.63, 3.8) is 0 Å². The van der Waals surface area contributed by atoms with Crippen LogP contribution < -0.4 is 11.1 Å². The van der Waals surface area contributed by atoms with E-state index in [1.807, 2.05) is 0 Å². The van der Waals surface area contributed by atoms with Crippen LogP contribution in [0.15, 0.2) is 30.3 Å². The van der Waals surface area contributed by atoms with Crippen molar-refractivity contribution in [1.29, 1.82) is 0 Å². The molecule has 0 saturated carbocycles. The summed E-state index contributed by atoms with van der Waals surface area (Å²) >= 11 is 0. The smallest absolute Gasteiger partial charge is 0.194 e. The normalized spacial score (nSPS) is 10.4. The highest BCUT2D eigenvalue weighted by Crippen LogP contribution is 2.25. The van der Waals surface area contributed by atoms with E-state index >= 15 is 0 Å². The molecule has 0 aliphatic heterocycles. The van der Waals surface area contributed by atoms with Crippen LogP contribution in [0.1, 0.15) is 0 Å². The van der Waals surface area contributed by atoms with Crippen LogP contribution in [0.25, 0.3) is 0 Å². The van der Waals surface area contributed by atoms with E-state index in [1.54, 1.807) is 0 Å². The van der Waals surface area contributed by atoms with E-state index in [-0.39, 0.29) is 17.1 Å². The first kappa shape index (κ1) is 12.2. The minimum absolute atomic E-state index is 0.0234. The number of halogens is 4. The Kier molecular flexibility index (Phi) is 3.10. The summed E-state index contributed by atoms with van der Waals surface area (Å²) in [6.45, 7) is 0. The fourth-order valence-corrected chi connectivity index (χ4v) is 1.43. The summed E-state index contributed by atoms with van der Waals surface area (Å²) < 4.78 is 51.4. The van der Waals surface area contributed by atoms with Gasteiger partial charge in [-0.1, -0.05) is 0 Å². The Morgan fingerprint density at radius 1 is 0.889 bits per heavy atom. The Morgan fingerprint density at radius 3 is 2.06 bits per heavy atom. The van der Waals surface area contributed by atoms with Crippen LogP contribution in [-0.4, -0.2) is 0 Å². The summed E-state index contributed by atoms with van der Waals surface area (Å²) in [6.07, 6.45) is 0. The van der Waals surface area contributed by atoms with Crippen LogP contribution in [-0.2, 0) is 0 Å². The molecule has 0 spiro atoms. The second-order valence-corrected chi connectivity index (χ2v) is 3.61. The molecule has 2 rings (SSSR count). The van der Waals surface area contributed by atoms with Gasteiger partial charge in [0.25, 0.3) is 0 Å². The number of anilines is 3. The van der Waals surface area contributed by atoms with Gasteiger partial charge in [0.2, 0.25) is 0 Å². The third-order valence-corrected chi connectivity index (χ3v) is 2.28. The molecule has 2 nitrogen and oxygen atoms in total. The highest BCUT2D eigenvalue weighted by molar-refractivity contribution is 5.72. The lowest BCUT2D eigenvalue weighted by atomic mass is 10.2. The van der Waals surface area contributed by atoms with Crippen LogP contribution in [0, 0.1) is 23.3 Å². The maximum absolute atomic E-state index is 13.0. The summed E-state index contributed by atoms with van der Waals surface area (Å²) in [7, 11) is 0. The van der Waals surface area contributed by atoms with Gasteiger partial charge in [0.1, 0.15) is 5.82 Å². The molecule has 2 aromatic rings. The van der Waals surface area contributed by atoms with Crippen molar-refractivity contribution in [3.05, 3.63) is 53.6 Å². The number of benzene rings is 2. The molecular weight excluding hydrogens is 248 g/mol. The van der Waals surface area contributed by atoms with Gasteiger partial charge in [-0.2, -0.15) is 0 Å². The van der Waals surface area contributed by atoms with E-state index < -0.39 is 23.3 Å². The van der Waals surface area contributed by atoms with E-state index in [0.29, 0.717) is 0 Å². The SMILES string of the molecule is Nc1cc(F)ccc1Nc1cc(F)c(F)c(F)c1. The predicted octanol–water partition coefficient (Wildman–Crippen LogP) is 3.57. The second-order valence-electron chi connectivity index (χ2n) is 3.61. The van der Waals surface area contributed by atoms with Crippen molar-refractivity contribution in [3.8, 4) is 0 Å². The molecule has 0 fully saturated rings. The van der Waals surface area contributed by atoms with Crippen LogP contribution >= 0.6 is 0 Å². The first-order chi connectivity index (χ1) is 8.47. The largest absolute Gasteiger partial charge is 0.397 e. The average Bonchev–Trinajstić information content (AvgIpc) is 2.29. The van der Waals surface area contributed by atoms with Crippen LogP contribution in [0.2, 0.25) is 0 Å². The molecule has 0 aliphatic carbocycles. The third kappa shape index (κ3) is 2.37. The molecular formula is C12H8F4N2. The number of nitrogens with one attached hydrogen (secondary N) is 1. The van der Waals surface area contributed by atoms with Crippen molar-refractivity contribution < 1.29 is 17.6 Å². The Morgan fingerprint density at radius 2 is 1.50 bits per heavy atom. The summed E-state index contributed by atoms with van der Waals surface area (Å²) in [5.41, 5.74) is 5.82. The zero-order valence-corrected chi connectivity index (χ0v) is 8.98. The molecule has 0 amide bonds. The van der Waals surface area contributed by atoms with Gasteiger partial charge in [-0.15, -0.1) is 0 Å². The van der Waals surface area contributed by atoms with Gasteiger partial charge in [-0.05, 0) is 18.2 Å². The Labute approximate surface area is 100 Å². The van der Waals surface area contributed by atoms with Gasteiger partial charge >= 0.3 is 0 Å². The first-order valence-corrected chi connectivity index (χ1v) is 4.94. The number of hydrogen-bond donors (Lipinski definition) is 2. The van der Waals surface area contributed by atoms with Crippen molar-refractivity contribution >= 4 is 17.1 Å². The molecule has 0 aliphatic rings. The Hall–Kier alpha value is -2.24. The lowest BCUT2D eigenvalue weighted by Crippen LogP contribution is -1.99. The molecule has 6 heteroatoms. The van der Waals surface area contributed by atoms with Crippen molar-refractivity contribution in [2.24, 2.45) is 0 Å². The molecule has 18 heavy (non-hydrogen) atoms. The molecule has 94 valence electrons. The highest BCUT2D eigenvalue weighted by Gasteiger charge is 2.11. The summed E-state index contributed by atoms with van der Waals surface area (Å²) in [4.78, 5) is 0. The molecule has 0 radical (unpaired) electrons. The first-order valence-electron chi connectivity index (χ1n) is 4.94. The molecule has 3 N–H and O–H groups in total. The molecule has 0 aromatic heterocycles. The van der Waals surface area contributed by atoms with Crippen molar-refractivity contribution in [1.82, 2.24) is 0 Å². The summed E-state index contributed by atoms with van der Waals surface area (Å²) in [6, 6.07) is 5.06. The second kappa shape index (κ2) is 4.56. The summed E-state index contributed by atoms with van der Waals surface area (Å²) in [5.74, 6) is -4.72. The number of hydrogen-bond acceptors (Lipinski definition) is 2. The van der Waals surface area contributed by atoms with Crippen LogP contribution in [0.3, 0.4) is 0 Å². The Bertz CT molecular complexity index is 576. The van der Waals surface area contributed by atoms with E-state index in [1.165, 1.54) is 6.07 Å². The van der Waals surface area contributed by atoms with E-state index in [2.05, 4.69) is 5.32 Å². The molecule has 0 bridgehead atoms. The van der Waals surface area contributed by atoms with E-state index in [0.717, 1.165) is 24.3 Å². The number of nitrogens with two attached hydrogens (primary N) is 1.